The number of aromatic nitrogens is 1. The molecular formula is C17H24BrN6O2+. The molecule has 0 fully saturated rings. The third-order valence-corrected chi connectivity index (χ3v) is 4.62. The van der Waals surface area contributed by atoms with Gasteiger partial charge in [-0.25, -0.2) is 10.4 Å². The van der Waals surface area contributed by atoms with Crippen molar-refractivity contribution >= 4 is 21.8 Å². The van der Waals surface area contributed by atoms with Gasteiger partial charge >= 0.3 is 0 Å². The van der Waals surface area contributed by atoms with E-state index in [0.29, 0.717) is 13.1 Å². The maximum Gasteiger partial charge on any atom is 0.227 e. The molecule has 2 aliphatic heterocycles. The SMILES string of the molecule is CO[n+]1cccc(CN=C2C=C(NC(C)(C)CO)NC3=C(Br)CNN23)c1. The molecule has 0 bridgehead atoms. The molecule has 0 saturated carbocycles. The molecule has 0 atom stereocenters. The molecule has 1 aromatic heterocycles. The van der Waals surface area contributed by atoms with Gasteiger partial charge in [-0.1, -0.05) is 15.9 Å². The van der Waals surface area contributed by atoms with E-state index < -0.39 is 5.54 Å². The quantitative estimate of drug-likeness (QED) is 0.486. The molecule has 4 N–H and O–H groups in total. The molecule has 0 spiro atoms. The number of pyridine rings is 1. The van der Waals surface area contributed by atoms with Crippen LogP contribution in [0.5, 0.6) is 0 Å². The topological polar surface area (TPSA) is 85.0 Å². The largest absolute Gasteiger partial charge is 0.394 e. The Kier molecular flexibility index (Phi) is 5.49. The second-order valence-corrected chi connectivity index (χ2v) is 7.66. The van der Waals surface area contributed by atoms with Crippen molar-refractivity contribution in [3.05, 3.63) is 52.3 Å². The smallest absolute Gasteiger partial charge is 0.227 e. The maximum atomic E-state index is 9.53. The summed E-state index contributed by atoms with van der Waals surface area (Å²) in [7, 11) is 1.62. The van der Waals surface area contributed by atoms with E-state index in [1.807, 2.05) is 49.5 Å². The minimum atomic E-state index is -0.450. The number of hydrogen-bond acceptors (Lipinski definition) is 6. The fourth-order valence-electron chi connectivity index (χ4n) is 2.58. The standard InChI is InChI=1S/C17H24BrN6O2/c1-17(2,11-25)22-14-7-15(24-16(21-14)13(18)9-20-24)19-8-12-5-4-6-23(10-12)26-3/h4-7,10,20-22,25H,8-9,11H2,1-3H3/q+1. The molecule has 0 radical (unpaired) electrons. The first-order valence-electron chi connectivity index (χ1n) is 8.31. The Hall–Kier alpha value is -2.10. The summed E-state index contributed by atoms with van der Waals surface area (Å²) in [6, 6.07) is 3.92. The number of aliphatic imine (C=N–C) groups is 1. The second kappa shape index (κ2) is 7.65. The summed E-state index contributed by atoms with van der Waals surface area (Å²) in [4.78, 5) is 9.94. The third kappa shape index (κ3) is 4.17. The molecule has 0 unspecified atom stereocenters. The van der Waals surface area contributed by atoms with Crippen molar-refractivity contribution in [2.75, 3.05) is 20.3 Å². The molecule has 3 rings (SSSR count). The number of fused-ring (bicyclic) bond motifs is 1. The average molecular weight is 424 g/mol. The van der Waals surface area contributed by atoms with Crippen molar-refractivity contribution in [3.8, 4) is 0 Å². The number of hydrazine groups is 1. The van der Waals surface area contributed by atoms with Crippen molar-refractivity contribution in [1.29, 1.82) is 0 Å². The van der Waals surface area contributed by atoms with Gasteiger partial charge < -0.3 is 15.7 Å². The summed E-state index contributed by atoms with van der Waals surface area (Å²) in [5, 5.41) is 18.1. The van der Waals surface area contributed by atoms with Gasteiger partial charge in [0, 0.05) is 22.4 Å². The van der Waals surface area contributed by atoms with E-state index in [4.69, 9.17) is 9.83 Å². The molecule has 26 heavy (non-hydrogen) atoms. The van der Waals surface area contributed by atoms with Crippen LogP contribution in [0.4, 0.5) is 0 Å². The molecule has 0 amide bonds. The zero-order valence-electron chi connectivity index (χ0n) is 15.1. The van der Waals surface area contributed by atoms with E-state index in [-0.39, 0.29) is 6.61 Å². The molecule has 1 aromatic rings. The molecular weight excluding hydrogens is 400 g/mol. The van der Waals surface area contributed by atoms with Crippen LogP contribution in [0.1, 0.15) is 19.4 Å². The number of aliphatic hydroxyl groups is 1. The second-order valence-electron chi connectivity index (χ2n) is 6.70. The minimum absolute atomic E-state index is 0.0156. The molecule has 0 aromatic carbocycles. The normalized spacial score (nSPS) is 18.6. The summed E-state index contributed by atoms with van der Waals surface area (Å²) >= 11 is 3.58. The van der Waals surface area contributed by atoms with E-state index >= 15 is 0 Å². The summed E-state index contributed by atoms with van der Waals surface area (Å²) < 4.78 is 2.65. The van der Waals surface area contributed by atoms with E-state index in [1.165, 1.54) is 0 Å². The van der Waals surface area contributed by atoms with Gasteiger partial charge in [-0.05, 0) is 19.9 Å². The van der Waals surface area contributed by atoms with Gasteiger partial charge in [0.1, 0.15) is 24.6 Å². The predicted molar refractivity (Wildman–Crippen MR) is 102 cm³/mol. The van der Waals surface area contributed by atoms with Gasteiger partial charge in [0.15, 0.2) is 0 Å². The van der Waals surface area contributed by atoms with Gasteiger partial charge in [-0.3, -0.25) is 9.83 Å². The van der Waals surface area contributed by atoms with E-state index in [2.05, 4.69) is 32.0 Å². The lowest BCUT2D eigenvalue weighted by Gasteiger charge is -2.33. The van der Waals surface area contributed by atoms with Crippen LogP contribution < -0.4 is 25.6 Å². The molecule has 140 valence electrons. The zero-order chi connectivity index (χ0) is 18.7. The van der Waals surface area contributed by atoms with Crippen LogP contribution in [0, 0.1) is 0 Å². The van der Waals surface area contributed by atoms with Gasteiger partial charge in [-0.15, -0.1) is 0 Å². The fraction of sp³-hybridized carbons (Fsp3) is 0.412. The van der Waals surface area contributed by atoms with E-state index in [9.17, 15) is 5.11 Å². The first kappa shape index (κ1) is 18.7. The van der Waals surface area contributed by atoms with Crippen LogP contribution in [0.25, 0.3) is 0 Å². The Morgan fingerprint density at radius 2 is 2.31 bits per heavy atom. The first-order valence-corrected chi connectivity index (χ1v) is 9.10. The number of nitrogens with zero attached hydrogens (tertiary/aromatic N) is 3. The Morgan fingerprint density at radius 3 is 3.04 bits per heavy atom. The highest BCUT2D eigenvalue weighted by Gasteiger charge is 2.30. The fourth-order valence-corrected chi connectivity index (χ4v) is 2.98. The minimum Gasteiger partial charge on any atom is -0.394 e. The number of rotatable bonds is 6. The Balaban J connectivity index is 1.86. The van der Waals surface area contributed by atoms with Crippen LogP contribution in [-0.2, 0) is 6.54 Å². The van der Waals surface area contributed by atoms with E-state index in [1.54, 1.807) is 11.8 Å². The lowest BCUT2D eigenvalue weighted by Crippen LogP contribution is -2.51. The lowest BCUT2D eigenvalue weighted by molar-refractivity contribution is -0.885. The van der Waals surface area contributed by atoms with Crippen LogP contribution in [0.3, 0.4) is 0 Å². The molecule has 0 saturated heterocycles. The Labute approximate surface area is 161 Å². The van der Waals surface area contributed by atoms with Crippen molar-refractivity contribution < 1.29 is 14.7 Å². The van der Waals surface area contributed by atoms with Gasteiger partial charge in [0.25, 0.3) is 0 Å². The first-order chi connectivity index (χ1) is 12.4. The van der Waals surface area contributed by atoms with Crippen molar-refractivity contribution in [3.63, 3.8) is 0 Å². The lowest BCUT2D eigenvalue weighted by atomic mass is 10.1. The number of halogens is 1. The summed E-state index contributed by atoms with van der Waals surface area (Å²) in [5.41, 5.74) is 3.86. The van der Waals surface area contributed by atoms with Gasteiger partial charge in [0.2, 0.25) is 12.4 Å². The molecule has 0 aliphatic carbocycles. The Bertz CT molecular complexity index is 774. The highest BCUT2D eigenvalue weighted by atomic mass is 79.9. The molecule has 8 nitrogen and oxygen atoms in total. The average Bonchev–Trinajstić information content (AvgIpc) is 3.01. The molecule has 9 heteroatoms. The van der Waals surface area contributed by atoms with Crippen LogP contribution >= 0.6 is 15.9 Å². The van der Waals surface area contributed by atoms with Crippen LogP contribution in [-0.4, -0.2) is 41.8 Å². The maximum absolute atomic E-state index is 9.53. The summed E-state index contributed by atoms with van der Waals surface area (Å²) in [6.07, 6.45) is 5.65. The third-order valence-electron chi connectivity index (χ3n) is 3.97. The summed E-state index contributed by atoms with van der Waals surface area (Å²) in [5.74, 6) is 2.45. The summed E-state index contributed by atoms with van der Waals surface area (Å²) in [6.45, 7) is 5.07. The number of nitrogens with one attached hydrogen (secondary N) is 3. The van der Waals surface area contributed by atoms with Crippen molar-refractivity contribution in [2.45, 2.75) is 25.9 Å². The van der Waals surface area contributed by atoms with E-state index in [0.717, 1.165) is 27.5 Å². The number of hydrogen-bond donors (Lipinski definition) is 4. The molecule has 3 heterocycles. The monoisotopic (exact) mass is 423 g/mol. The van der Waals surface area contributed by atoms with Crippen molar-refractivity contribution in [1.82, 2.24) is 21.1 Å². The van der Waals surface area contributed by atoms with Crippen LogP contribution in [0.2, 0.25) is 0 Å². The highest BCUT2D eigenvalue weighted by Crippen LogP contribution is 2.23. The number of amidine groups is 1. The van der Waals surface area contributed by atoms with Gasteiger partial charge in [-0.2, -0.15) is 0 Å². The Morgan fingerprint density at radius 1 is 1.50 bits per heavy atom. The van der Waals surface area contributed by atoms with Crippen LogP contribution in [0.15, 0.2) is 51.7 Å². The number of aliphatic hydroxyl groups excluding tert-OH is 1. The molecule has 2 aliphatic rings. The predicted octanol–water partition coefficient (Wildman–Crippen LogP) is 0.120. The zero-order valence-corrected chi connectivity index (χ0v) is 16.7. The van der Waals surface area contributed by atoms with Gasteiger partial charge in [0.05, 0.1) is 29.7 Å². The highest BCUT2D eigenvalue weighted by molar-refractivity contribution is 9.11. The van der Waals surface area contributed by atoms with Crippen molar-refractivity contribution in [2.24, 2.45) is 4.99 Å².